The number of pyridine rings is 1. The first kappa shape index (κ1) is 24.6. The number of anilines is 1. The Bertz CT molecular complexity index is 1420. The molecule has 1 aliphatic heterocycles. The second kappa shape index (κ2) is 10.1. The van der Waals surface area contributed by atoms with Crippen molar-refractivity contribution in [1.82, 2.24) is 19.6 Å². The van der Waals surface area contributed by atoms with Crippen molar-refractivity contribution in [1.29, 1.82) is 0 Å². The lowest BCUT2D eigenvalue weighted by Gasteiger charge is -2.34. The zero-order chi connectivity index (χ0) is 26.0. The number of hydrogen-bond acceptors (Lipinski definition) is 7. The van der Waals surface area contributed by atoms with Crippen LogP contribution >= 0.6 is 0 Å². The van der Waals surface area contributed by atoms with Crippen molar-refractivity contribution in [3.8, 4) is 28.6 Å². The van der Waals surface area contributed by atoms with Crippen LogP contribution in [0.2, 0.25) is 0 Å². The first-order valence-electron chi connectivity index (χ1n) is 11.7. The largest absolute Gasteiger partial charge is 0.573 e. The van der Waals surface area contributed by atoms with Crippen molar-refractivity contribution >= 4 is 5.69 Å². The number of nitrogens with zero attached hydrogens (tertiary/aromatic N) is 5. The van der Waals surface area contributed by atoms with E-state index < -0.39 is 6.36 Å². The molecule has 0 N–H and O–H groups in total. The van der Waals surface area contributed by atoms with Crippen LogP contribution in [0.4, 0.5) is 18.9 Å². The van der Waals surface area contributed by atoms with E-state index in [0.29, 0.717) is 17.7 Å². The predicted octanol–water partition coefficient (Wildman–Crippen LogP) is 4.26. The minimum atomic E-state index is -4.77. The average molecular weight is 512 g/mol. The number of ether oxygens (including phenoxy) is 1. The van der Waals surface area contributed by atoms with Gasteiger partial charge in [-0.15, -0.1) is 13.2 Å². The maximum Gasteiger partial charge on any atom is 0.573 e. The van der Waals surface area contributed by atoms with Gasteiger partial charge in [0.25, 0.3) is 11.4 Å². The fourth-order valence-corrected chi connectivity index (χ4v) is 4.16. The van der Waals surface area contributed by atoms with Crippen LogP contribution in [0.3, 0.4) is 0 Å². The third kappa shape index (κ3) is 6.00. The Labute approximate surface area is 210 Å². The van der Waals surface area contributed by atoms with Crippen LogP contribution in [0.15, 0.2) is 76.2 Å². The van der Waals surface area contributed by atoms with E-state index in [9.17, 15) is 18.0 Å². The second-order valence-electron chi connectivity index (χ2n) is 8.84. The summed E-state index contributed by atoms with van der Waals surface area (Å²) in [6.07, 6.45) is -3.10. The summed E-state index contributed by atoms with van der Waals surface area (Å²) in [5.41, 5.74) is 2.96. The summed E-state index contributed by atoms with van der Waals surface area (Å²) in [5, 5.41) is 3.98. The lowest BCUT2D eigenvalue weighted by atomic mass is 10.1. The predicted molar refractivity (Wildman–Crippen MR) is 131 cm³/mol. The van der Waals surface area contributed by atoms with Gasteiger partial charge in [0.05, 0.1) is 6.54 Å². The Morgan fingerprint density at radius 1 is 0.973 bits per heavy atom. The van der Waals surface area contributed by atoms with Gasteiger partial charge in [-0.3, -0.25) is 4.79 Å². The normalized spacial score (nSPS) is 14.6. The summed E-state index contributed by atoms with van der Waals surface area (Å²) < 4.78 is 47.9. The van der Waals surface area contributed by atoms with Crippen molar-refractivity contribution in [3.63, 3.8) is 0 Å². The summed E-state index contributed by atoms with van der Waals surface area (Å²) in [6, 6.07) is 16.3. The van der Waals surface area contributed by atoms with Crippen molar-refractivity contribution in [2.45, 2.75) is 12.9 Å². The molecule has 0 radical (unpaired) electrons. The number of rotatable bonds is 6. The summed E-state index contributed by atoms with van der Waals surface area (Å²) in [7, 11) is 2.11. The Morgan fingerprint density at radius 2 is 1.70 bits per heavy atom. The van der Waals surface area contributed by atoms with Crippen molar-refractivity contribution in [3.05, 3.63) is 82.8 Å². The quantitative estimate of drug-likeness (QED) is 0.383. The van der Waals surface area contributed by atoms with E-state index in [-0.39, 0.29) is 23.0 Å². The SMILES string of the molecule is CN1CCN(c2cccc(Cn3cc(-c4noc(-c5ccc(OC(F)(F)F)cc5)n4)ccc3=O)c2)CC1. The third-order valence-corrected chi connectivity index (χ3v) is 6.13. The molecule has 0 aliphatic carbocycles. The molecule has 1 fully saturated rings. The number of aromatic nitrogens is 3. The molecule has 0 unspecified atom stereocenters. The molecule has 0 bridgehead atoms. The van der Waals surface area contributed by atoms with Crippen LogP contribution in [-0.4, -0.2) is 59.2 Å². The molecule has 0 spiro atoms. The molecule has 0 saturated carbocycles. The van der Waals surface area contributed by atoms with Gasteiger partial charge in [-0.05, 0) is 55.1 Å². The monoisotopic (exact) mass is 511 g/mol. The lowest BCUT2D eigenvalue weighted by Crippen LogP contribution is -2.44. The van der Waals surface area contributed by atoms with E-state index in [2.05, 4.69) is 43.9 Å². The Kier molecular flexibility index (Phi) is 6.70. The highest BCUT2D eigenvalue weighted by atomic mass is 19.4. The van der Waals surface area contributed by atoms with E-state index in [4.69, 9.17) is 4.52 Å². The van der Waals surface area contributed by atoms with Gasteiger partial charge in [-0.2, -0.15) is 4.98 Å². The van der Waals surface area contributed by atoms with Gasteiger partial charge < -0.3 is 23.6 Å². The first-order valence-corrected chi connectivity index (χ1v) is 11.7. The number of benzene rings is 2. The van der Waals surface area contributed by atoms with Crippen LogP contribution < -0.4 is 15.2 Å². The van der Waals surface area contributed by atoms with Gasteiger partial charge in [0, 0.05) is 55.3 Å². The molecular formula is C26H24F3N5O3. The Morgan fingerprint density at radius 3 is 2.43 bits per heavy atom. The van der Waals surface area contributed by atoms with E-state index >= 15 is 0 Å². The molecular weight excluding hydrogens is 487 g/mol. The molecule has 192 valence electrons. The minimum Gasteiger partial charge on any atom is -0.406 e. The van der Waals surface area contributed by atoms with Crippen LogP contribution in [-0.2, 0) is 6.54 Å². The molecule has 11 heteroatoms. The van der Waals surface area contributed by atoms with E-state index in [0.717, 1.165) is 37.4 Å². The van der Waals surface area contributed by atoms with Crippen LogP contribution in [0, 0.1) is 0 Å². The summed E-state index contributed by atoms with van der Waals surface area (Å²) >= 11 is 0. The fourth-order valence-electron chi connectivity index (χ4n) is 4.16. The second-order valence-corrected chi connectivity index (χ2v) is 8.84. The molecule has 0 atom stereocenters. The van der Waals surface area contributed by atoms with Gasteiger partial charge in [-0.25, -0.2) is 0 Å². The van der Waals surface area contributed by atoms with Gasteiger partial charge in [-0.1, -0.05) is 17.3 Å². The molecule has 37 heavy (non-hydrogen) atoms. The number of piperazine rings is 1. The number of likely N-dealkylation sites (N-methyl/N-ethyl adjacent to an activating group) is 1. The zero-order valence-corrected chi connectivity index (χ0v) is 20.0. The Hall–Kier alpha value is -4.12. The summed E-state index contributed by atoms with van der Waals surface area (Å²) in [5.74, 6) is 0.0384. The molecule has 1 aliphatic rings. The van der Waals surface area contributed by atoms with Crippen molar-refractivity contribution < 1.29 is 22.4 Å². The number of hydrogen-bond donors (Lipinski definition) is 0. The fraction of sp³-hybridized carbons (Fsp3) is 0.269. The topological polar surface area (TPSA) is 76.6 Å². The molecule has 4 aromatic rings. The van der Waals surface area contributed by atoms with Gasteiger partial charge in [0.2, 0.25) is 5.82 Å². The smallest absolute Gasteiger partial charge is 0.406 e. The minimum absolute atomic E-state index is 0.131. The van der Waals surface area contributed by atoms with Crippen molar-refractivity contribution in [2.24, 2.45) is 0 Å². The molecule has 8 nitrogen and oxygen atoms in total. The van der Waals surface area contributed by atoms with Gasteiger partial charge in [0.1, 0.15) is 5.75 Å². The first-order chi connectivity index (χ1) is 17.7. The Balaban J connectivity index is 1.33. The molecule has 1 saturated heterocycles. The molecule has 0 amide bonds. The summed E-state index contributed by atoms with van der Waals surface area (Å²) in [6.45, 7) is 4.29. The highest BCUT2D eigenvalue weighted by Crippen LogP contribution is 2.27. The number of halogens is 3. The third-order valence-electron chi connectivity index (χ3n) is 6.13. The van der Waals surface area contributed by atoms with E-state index in [1.165, 1.54) is 30.3 Å². The zero-order valence-electron chi connectivity index (χ0n) is 20.0. The van der Waals surface area contributed by atoms with Gasteiger partial charge in [0.15, 0.2) is 0 Å². The summed E-state index contributed by atoms with van der Waals surface area (Å²) in [4.78, 5) is 21.6. The average Bonchev–Trinajstić information content (AvgIpc) is 3.36. The molecule has 2 aromatic heterocycles. The van der Waals surface area contributed by atoms with Crippen LogP contribution in [0.25, 0.3) is 22.8 Å². The maximum atomic E-state index is 12.6. The number of alkyl halides is 3. The highest BCUT2D eigenvalue weighted by Gasteiger charge is 2.31. The standard InChI is InChI=1S/C26H24F3N5O3/c1-32-11-13-33(14-12-32)21-4-2-3-18(15-21)16-34-17-20(7-10-23(34)35)24-30-25(37-31-24)19-5-8-22(9-6-19)36-26(27,28)29/h2-10,15,17H,11-14,16H2,1H3. The highest BCUT2D eigenvalue weighted by molar-refractivity contribution is 5.59. The lowest BCUT2D eigenvalue weighted by molar-refractivity contribution is -0.274. The van der Waals surface area contributed by atoms with Crippen LogP contribution in [0.1, 0.15) is 5.56 Å². The van der Waals surface area contributed by atoms with E-state index in [1.807, 2.05) is 12.1 Å². The molecule has 5 rings (SSSR count). The van der Waals surface area contributed by atoms with Crippen LogP contribution in [0.5, 0.6) is 5.75 Å². The van der Waals surface area contributed by atoms with E-state index in [1.54, 1.807) is 16.8 Å². The van der Waals surface area contributed by atoms with Crippen molar-refractivity contribution in [2.75, 3.05) is 38.1 Å². The van der Waals surface area contributed by atoms with Gasteiger partial charge >= 0.3 is 6.36 Å². The molecule has 3 heterocycles. The maximum absolute atomic E-state index is 12.6. The molecule has 2 aromatic carbocycles.